The van der Waals surface area contributed by atoms with Gasteiger partial charge in [-0.25, -0.2) is 0 Å². The molecule has 1 aliphatic heterocycles. The molecule has 0 saturated carbocycles. The summed E-state index contributed by atoms with van der Waals surface area (Å²) < 4.78 is 5.55. The number of rotatable bonds is 2. The van der Waals surface area contributed by atoms with E-state index in [0.29, 0.717) is 22.4 Å². The van der Waals surface area contributed by atoms with Gasteiger partial charge in [0, 0.05) is 5.57 Å². The lowest BCUT2D eigenvalue weighted by Gasteiger charge is -2.22. The molecule has 21 heavy (non-hydrogen) atoms. The smallest absolute Gasteiger partial charge is 0.196 e. The van der Waals surface area contributed by atoms with E-state index in [4.69, 9.17) is 9.94 Å². The molecular weight excluding hydrogens is 270 g/mol. The number of ether oxygens (including phenoxy) is 1. The minimum absolute atomic E-state index is 0.0924. The van der Waals surface area contributed by atoms with Crippen LogP contribution in [0, 0.1) is 5.21 Å². The molecule has 1 heterocycles. The van der Waals surface area contributed by atoms with Gasteiger partial charge in [0.05, 0.1) is 11.3 Å². The Bertz CT molecular complexity index is 722. The zero-order valence-corrected chi connectivity index (χ0v) is 11.0. The molecule has 0 saturated heterocycles. The maximum absolute atomic E-state index is 12.4. The molecule has 0 aliphatic carbocycles. The highest BCUT2D eigenvalue weighted by molar-refractivity contribution is 6.14. The largest absolute Gasteiger partial charge is 0.733 e. The Kier molecular flexibility index (Phi) is 3.43. The number of nitrogens with zero attached hydrogens (tertiary/aromatic N) is 1. The van der Waals surface area contributed by atoms with Crippen molar-refractivity contribution >= 4 is 17.5 Å². The first-order chi connectivity index (χ1) is 10.1. The van der Waals surface area contributed by atoms with Crippen molar-refractivity contribution in [1.82, 2.24) is 0 Å². The highest BCUT2D eigenvalue weighted by atomic mass is 16.8. The summed E-state index contributed by atoms with van der Waals surface area (Å²) in [6.07, 6.45) is 1.66. The number of para-hydroxylation sites is 1. The minimum Gasteiger partial charge on any atom is -0.733 e. The van der Waals surface area contributed by atoms with Gasteiger partial charge in [0.1, 0.15) is 12.4 Å². The van der Waals surface area contributed by atoms with Crippen LogP contribution < -0.4 is 9.96 Å². The summed E-state index contributed by atoms with van der Waals surface area (Å²) in [5.74, 6) is 0.486. The van der Waals surface area contributed by atoms with Crippen molar-refractivity contribution in [2.24, 2.45) is 0 Å². The molecule has 2 aromatic rings. The van der Waals surface area contributed by atoms with E-state index in [0.717, 1.165) is 0 Å². The van der Waals surface area contributed by atoms with E-state index in [9.17, 15) is 10.0 Å². The van der Waals surface area contributed by atoms with Gasteiger partial charge in [-0.15, -0.1) is 0 Å². The van der Waals surface area contributed by atoms with E-state index in [-0.39, 0.29) is 23.3 Å². The fourth-order valence-corrected chi connectivity index (χ4v) is 2.22. The maximum Gasteiger partial charge on any atom is 0.196 e. The normalized spacial score (nSPS) is 15.5. The van der Waals surface area contributed by atoms with Crippen molar-refractivity contribution in [3.8, 4) is 5.75 Å². The standard InChI is InChI=1S/C16H12NO4/c18-16-12(10-21-15-7-2-1-6-14(15)16)8-11-4-3-5-13(9-11)17(19)20/h1-9,19H,10H2/q-1/b12-8-. The quantitative estimate of drug-likeness (QED) is 0.677. The fourth-order valence-electron chi connectivity index (χ4n) is 2.22. The van der Waals surface area contributed by atoms with E-state index in [2.05, 4.69) is 0 Å². The van der Waals surface area contributed by atoms with Crippen LogP contribution in [0.5, 0.6) is 5.75 Å². The number of Topliss-reactive ketones (excluding diaryl/α,β-unsaturated/α-hetero) is 1. The Morgan fingerprint density at radius 2 is 2.00 bits per heavy atom. The van der Waals surface area contributed by atoms with Crippen LogP contribution in [0.2, 0.25) is 0 Å². The summed E-state index contributed by atoms with van der Waals surface area (Å²) in [7, 11) is 0. The lowest BCUT2D eigenvalue weighted by atomic mass is 9.98. The lowest BCUT2D eigenvalue weighted by Crippen LogP contribution is -2.18. The number of hydrogen-bond donors (Lipinski definition) is 1. The van der Waals surface area contributed by atoms with Crippen LogP contribution in [0.3, 0.4) is 0 Å². The molecule has 0 bridgehead atoms. The third-order valence-corrected chi connectivity index (χ3v) is 3.24. The number of carbonyl (C=O) groups is 1. The van der Waals surface area contributed by atoms with E-state index >= 15 is 0 Å². The molecule has 0 atom stereocenters. The zero-order chi connectivity index (χ0) is 14.8. The summed E-state index contributed by atoms with van der Waals surface area (Å²) in [6, 6.07) is 13.4. The number of fused-ring (bicyclic) bond motifs is 1. The van der Waals surface area contributed by atoms with Crippen molar-refractivity contribution in [2.45, 2.75) is 0 Å². The Morgan fingerprint density at radius 1 is 1.19 bits per heavy atom. The van der Waals surface area contributed by atoms with Gasteiger partial charge in [-0.3, -0.25) is 10.0 Å². The predicted octanol–water partition coefficient (Wildman–Crippen LogP) is 3.04. The Hall–Kier alpha value is -2.63. The zero-order valence-electron chi connectivity index (χ0n) is 11.0. The third kappa shape index (κ3) is 2.65. The summed E-state index contributed by atoms with van der Waals surface area (Å²) in [5.41, 5.74) is 1.78. The first kappa shape index (κ1) is 13.4. The summed E-state index contributed by atoms with van der Waals surface area (Å²) in [6.45, 7) is 0.181. The molecule has 0 unspecified atom stereocenters. The summed E-state index contributed by atoms with van der Waals surface area (Å²) in [5, 5.41) is 19.6. The molecule has 1 N–H and O–H groups in total. The van der Waals surface area contributed by atoms with Gasteiger partial charge < -0.3 is 15.2 Å². The van der Waals surface area contributed by atoms with Gasteiger partial charge in [-0.2, -0.15) is 0 Å². The second-order valence-electron chi connectivity index (χ2n) is 4.65. The molecule has 2 aromatic carbocycles. The average molecular weight is 282 g/mol. The molecule has 0 spiro atoms. The number of anilines is 1. The van der Waals surface area contributed by atoms with Crippen LogP contribution in [0.15, 0.2) is 54.1 Å². The number of carbonyl (C=O) groups excluding carboxylic acids is 1. The third-order valence-electron chi connectivity index (χ3n) is 3.24. The van der Waals surface area contributed by atoms with Crippen molar-refractivity contribution in [1.29, 1.82) is 0 Å². The molecule has 0 radical (unpaired) electrons. The molecule has 0 amide bonds. The highest BCUT2D eigenvalue weighted by Crippen LogP contribution is 2.28. The Morgan fingerprint density at radius 3 is 2.81 bits per heavy atom. The average Bonchev–Trinajstić information content (AvgIpc) is 2.51. The van der Waals surface area contributed by atoms with E-state index in [1.54, 1.807) is 36.4 Å². The first-order valence-electron chi connectivity index (χ1n) is 6.38. The van der Waals surface area contributed by atoms with Gasteiger partial charge in [-0.05, 0) is 35.9 Å². The van der Waals surface area contributed by atoms with Crippen LogP contribution in [-0.4, -0.2) is 17.6 Å². The molecule has 3 rings (SSSR count). The van der Waals surface area contributed by atoms with Crippen LogP contribution in [-0.2, 0) is 0 Å². The van der Waals surface area contributed by atoms with Crippen LogP contribution in [0.1, 0.15) is 15.9 Å². The molecular formula is C16H12NO4-. The van der Waals surface area contributed by atoms with Gasteiger partial charge in [0.2, 0.25) is 0 Å². The van der Waals surface area contributed by atoms with Gasteiger partial charge in [0.25, 0.3) is 0 Å². The van der Waals surface area contributed by atoms with Crippen molar-refractivity contribution in [2.75, 3.05) is 11.8 Å². The topological polar surface area (TPSA) is 72.8 Å². The number of ketones is 1. The molecule has 5 nitrogen and oxygen atoms in total. The molecule has 5 heteroatoms. The second kappa shape index (κ2) is 5.40. The Labute approximate surface area is 121 Å². The SMILES string of the molecule is O=C1/C(=C\c2cccc(N([O-])O)c2)COc2ccccc21. The van der Waals surface area contributed by atoms with E-state index < -0.39 is 0 Å². The van der Waals surface area contributed by atoms with Gasteiger partial charge >= 0.3 is 0 Å². The van der Waals surface area contributed by atoms with E-state index in [1.165, 1.54) is 12.1 Å². The summed E-state index contributed by atoms with van der Waals surface area (Å²) >= 11 is 0. The number of hydrogen-bond acceptors (Lipinski definition) is 5. The van der Waals surface area contributed by atoms with Crippen molar-refractivity contribution in [3.05, 3.63) is 70.4 Å². The van der Waals surface area contributed by atoms with Gasteiger partial charge in [0.15, 0.2) is 5.78 Å². The van der Waals surface area contributed by atoms with Crippen LogP contribution in [0.25, 0.3) is 6.08 Å². The predicted molar refractivity (Wildman–Crippen MR) is 78.3 cm³/mol. The second-order valence-corrected chi connectivity index (χ2v) is 4.65. The van der Waals surface area contributed by atoms with Crippen LogP contribution in [0.4, 0.5) is 5.69 Å². The van der Waals surface area contributed by atoms with Crippen molar-refractivity contribution < 1.29 is 14.7 Å². The van der Waals surface area contributed by atoms with Crippen LogP contribution >= 0.6 is 0 Å². The van der Waals surface area contributed by atoms with Crippen molar-refractivity contribution in [3.63, 3.8) is 0 Å². The molecule has 0 fully saturated rings. The van der Waals surface area contributed by atoms with E-state index in [1.807, 2.05) is 6.07 Å². The minimum atomic E-state index is -0.212. The molecule has 0 aromatic heterocycles. The monoisotopic (exact) mass is 282 g/mol. The highest BCUT2D eigenvalue weighted by Gasteiger charge is 2.22. The first-order valence-corrected chi connectivity index (χ1v) is 6.38. The number of benzene rings is 2. The molecule has 1 aliphatic rings. The lowest BCUT2D eigenvalue weighted by molar-refractivity contribution is 0.100. The van der Waals surface area contributed by atoms with Gasteiger partial charge in [-0.1, -0.05) is 24.3 Å². The molecule has 106 valence electrons. The fraction of sp³-hybridized carbons (Fsp3) is 0.0625. The maximum atomic E-state index is 12.4. The Balaban J connectivity index is 1.95. The summed E-state index contributed by atoms with van der Waals surface area (Å²) in [4.78, 5) is 12.4.